The number of nitrogens with one attached hydrogen (secondary N) is 1. The zero-order valence-corrected chi connectivity index (χ0v) is 16.8. The molecule has 3 rings (SSSR count). The van der Waals surface area contributed by atoms with Crippen molar-refractivity contribution >= 4 is 57.3 Å². The lowest BCUT2D eigenvalue weighted by Gasteiger charge is -2.05. The number of carbonyl (C=O) groups is 1. The first-order valence-corrected chi connectivity index (χ1v) is 10.1. The number of benzene rings is 2. The molecule has 2 aromatic carbocycles. The van der Waals surface area contributed by atoms with Gasteiger partial charge in [-0.2, -0.15) is 0 Å². The number of anilines is 1. The Morgan fingerprint density at radius 3 is 2.73 bits per heavy atom. The molecule has 1 aromatic heterocycles. The standard InChI is InChI=1S/C18H14Cl2N2O2S2/c1-24-13-5-2-11(3-6-13)15-9-26-18(21-15)22-17(23)10-25-16-8-12(19)4-7-14(16)20/h2-9H,10H2,1H3,(H,21,22,23). The Bertz CT molecular complexity index is 914. The first kappa shape index (κ1) is 19.0. The van der Waals surface area contributed by atoms with Gasteiger partial charge < -0.3 is 10.1 Å². The van der Waals surface area contributed by atoms with Crippen molar-refractivity contribution < 1.29 is 9.53 Å². The molecule has 26 heavy (non-hydrogen) atoms. The molecule has 0 aliphatic heterocycles. The molecule has 0 atom stereocenters. The fraction of sp³-hybridized carbons (Fsp3) is 0.111. The van der Waals surface area contributed by atoms with Crippen molar-refractivity contribution in [2.45, 2.75) is 4.90 Å². The number of hydrogen-bond acceptors (Lipinski definition) is 5. The van der Waals surface area contributed by atoms with E-state index in [9.17, 15) is 4.79 Å². The van der Waals surface area contributed by atoms with Crippen LogP contribution in [-0.4, -0.2) is 23.8 Å². The number of aromatic nitrogens is 1. The van der Waals surface area contributed by atoms with Crippen LogP contribution in [0.3, 0.4) is 0 Å². The second kappa shape index (κ2) is 8.77. The topological polar surface area (TPSA) is 51.2 Å². The smallest absolute Gasteiger partial charge is 0.236 e. The number of carbonyl (C=O) groups excluding carboxylic acids is 1. The van der Waals surface area contributed by atoms with Gasteiger partial charge in [-0.1, -0.05) is 23.2 Å². The Hall–Kier alpha value is -1.73. The summed E-state index contributed by atoms with van der Waals surface area (Å²) in [5.41, 5.74) is 1.76. The fourth-order valence-electron chi connectivity index (χ4n) is 2.11. The highest BCUT2D eigenvalue weighted by molar-refractivity contribution is 8.00. The van der Waals surface area contributed by atoms with Gasteiger partial charge in [-0.3, -0.25) is 4.79 Å². The van der Waals surface area contributed by atoms with Gasteiger partial charge in [0.05, 0.1) is 23.6 Å². The van der Waals surface area contributed by atoms with Crippen molar-refractivity contribution in [1.82, 2.24) is 4.98 Å². The summed E-state index contributed by atoms with van der Waals surface area (Å²) in [4.78, 5) is 17.4. The number of rotatable bonds is 6. The number of ether oxygens (including phenoxy) is 1. The second-order valence-electron chi connectivity index (χ2n) is 5.18. The molecule has 0 spiro atoms. The molecular formula is C18H14Cl2N2O2S2. The summed E-state index contributed by atoms with van der Waals surface area (Å²) < 4.78 is 5.15. The Morgan fingerprint density at radius 1 is 1.23 bits per heavy atom. The lowest BCUT2D eigenvalue weighted by Crippen LogP contribution is -2.13. The summed E-state index contributed by atoms with van der Waals surface area (Å²) in [5.74, 6) is 0.855. The van der Waals surface area contributed by atoms with Crippen LogP contribution in [0.15, 0.2) is 52.7 Å². The first-order valence-electron chi connectivity index (χ1n) is 7.53. The minimum atomic E-state index is -0.151. The predicted molar refractivity (Wildman–Crippen MR) is 110 cm³/mol. The van der Waals surface area contributed by atoms with Gasteiger partial charge in [0.1, 0.15) is 5.75 Å². The maximum absolute atomic E-state index is 12.2. The summed E-state index contributed by atoms with van der Waals surface area (Å²) in [6.45, 7) is 0. The van der Waals surface area contributed by atoms with Crippen LogP contribution in [-0.2, 0) is 4.79 Å². The number of halogens is 2. The van der Waals surface area contributed by atoms with Crippen molar-refractivity contribution in [3.05, 3.63) is 57.9 Å². The van der Waals surface area contributed by atoms with Crippen LogP contribution in [0.4, 0.5) is 5.13 Å². The van der Waals surface area contributed by atoms with E-state index in [2.05, 4.69) is 10.3 Å². The third-order valence-corrected chi connectivity index (χ3v) is 5.88. The quantitative estimate of drug-likeness (QED) is 0.503. The van der Waals surface area contributed by atoms with Gasteiger partial charge in [-0.05, 0) is 42.5 Å². The highest BCUT2D eigenvalue weighted by atomic mass is 35.5. The van der Waals surface area contributed by atoms with E-state index in [0.29, 0.717) is 15.2 Å². The summed E-state index contributed by atoms with van der Waals surface area (Å²) in [5, 5.41) is 6.42. The first-order chi connectivity index (χ1) is 12.5. The molecule has 4 nitrogen and oxygen atoms in total. The Balaban J connectivity index is 1.59. The van der Waals surface area contributed by atoms with Crippen LogP contribution in [0.2, 0.25) is 10.0 Å². The average molecular weight is 425 g/mol. The van der Waals surface area contributed by atoms with Crippen LogP contribution in [0, 0.1) is 0 Å². The minimum absolute atomic E-state index is 0.151. The van der Waals surface area contributed by atoms with Crippen molar-refractivity contribution in [2.24, 2.45) is 0 Å². The summed E-state index contributed by atoms with van der Waals surface area (Å²) in [6.07, 6.45) is 0. The molecule has 0 saturated carbocycles. The molecule has 3 aromatic rings. The molecule has 134 valence electrons. The lowest BCUT2D eigenvalue weighted by molar-refractivity contribution is -0.113. The second-order valence-corrected chi connectivity index (χ2v) is 7.90. The SMILES string of the molecule is COc1ccc(-c2csc(NC(=O)CSc3cc(Cl)ccc3Cl)n2)cc1. The maximum Gasteiger partial charge on any atom is 0.236 e. The number of thioether (sulfide) groups is 1. The lowest BCUT2D eigenvalue weighted by atomic mass is 10.2. The Labute approximate surface area is 169 Å². The van der Waals surface area contributed by atoms with Crippen molar-refractivity contribution in [3.63, 3.8) is 0 Å². The van der Waals surface area contributed by atoms with Crippen LogP contribution < -0.4 is 10.1 Å². The van der Waals surface area contributed by atoms with Gasteiger partial charge in [0.2, 0.25) is 5.91 Å². The predicted octanol–water partition coefficient (Wildman–Crippen LogP) is 5.86. The molecule has 1 amide bonds. The van der Waals surface area contributed by atoms with E-state index in [-0.39, 0.29) is 11.7 Å². The van der Waals surface area contributed by atoms with Gasteiger partial charge in [-0.25, -0.2) is 4.98 Å². The molecule has 8 heteroatoms. The van der Waals surface area contributed by atoms with E-state index >= 15 is 0 Å². The molecule has 1 heterocycles. The highest BCUT2D eigenvalue weighted by Crippen LogP contribution is 2.30. The third-order valence-electron chi connectivity index (χ3n) is 3.39. The van der Waals surface area contributed by atoms with Crippen LogP contribution in [0.25, 0.3) is 11.3 Å². The Morgan fingerprint density at radius 2 is 2.00 bits per heavy atom. The number of methoxy groups -OCH3 is 1. The number of hydrogen-bond donors (Lipinski definition) is 1. The van der Waals surface area contributed by atoms with E-state index in [4.69, 9.17) is 27.9 Å². The number of thiazole rings is 1. The van der Waals surface area contributed by atoms with Crippen molar-refractivity contribution in [1.29, 1.82) is 0 Å². The van der Waals surface area contributed by atoms with Crippen LogP contribution in [0.1, 0.15) is 0 Å². The van der Waals surface area contributed by atoms with E-state index in [1.54, 1.807) is 25.3 Å². The molecule has 0 aliphatic rings. The van der Waals surface area contributed by atoms with Gasteiger partial charge in [0.15, 0.2) is 5.13 Å². The minimum Gasteiger partial charge on any atom is -0.497 e. The summed E-state index contributed by atoms with van der Waals surface area (Å²) >= 11 is 14.8. The van der Waals surface area contributed by atoms with Gasteiger partial charge >= 0.3 is 0 Å². The summed E-state index contributed by atoms with van der Waals surface area (Å²) in [6, 6.07) is 12.8. The van der Waals surface area contributed by atoms with Crippen molar-refractivity contribution in [3.8, 4) is 17.0 Å². The average Bonchev–Trinajstić information content (AvgIpc) is 3.11. The largest absolute Gasteiger partial charge is 0.497 e. The molecular weight excluding hydrogens is 411 g/mol. The zero-order valence-electron chi connectivity index (χ0n) is 13.7. The molecule has 0 bridgehead atoms. The number of nitrogens with zero attached hydrogens (tertiary/aromatic N) is 1. The summed E-state index contributed by atoms with van der Waals surface area (Å²) in [7, 11) is 1.63. The fourth-order valence-corrected chi connectivity index (χ4v) is 4.14. The van der Waals surface area contributed by atoms with Gasteiger partial charge in [-0.15, -0.1) is 23.1 Å². The molecule has 0 radical (unpaired) electrons. The Kier molecular flexibility index (Phi) is 6.43. The highest BCUT2D eigenvalue weighted by Gasteiger charge is 2.10. The maximum atomic E-state index is 12.2. The van der Waals surface area contributed by atoms with Crippen molar-refractivity contribution in [2.75, 3.05) is 18.2 Å². The zero-order chi connectivity index (χ0) is 18.5. The van der Waals surface area contributed by atoms with Crippen LogP contribution in [0.5, 0.6) is 5.75 Å². The van der Waals surface area contributed by atoms with E-state index in [0.717, 1.165) is 21.9 Å². The van der Waals surface area contributed by atoms with Crippen LogP contribution >= 0.6 is 46.3 Å². The van der Waals surface area contributed by atoms with E-state index in [1.165, 1.54) is 23.1 Å². The van der Waals surface area contributed by atoms with E-state index < -0.39 is 0 Å². The van der Waals surface area contributed by atoms with Gasteiger partial charge in [0.25, 0.3) is 0 Å². The monoisotopic (exact) mass is 424 g/mol. The molecule has 1 N–H and O–H groups in total. The normalized spacial score (nSPS) is 10.6. The third kappa shape index (κ3) is 4.92. The molecule has 0 fully saturated rings. The molecule has 0 aliphatic carbocycles. The molecule has 0 saturated heterocycles. The number of amides is 1. The van der Waals surface area contributed by atoms with Gasteiger partial charge in [0, 0.05) is 20.9 Å². The van der Waals surface area contributed by atoms with E-state index in [1.807, 2.05) is 29.6 Å². The molecule has 0 unspecified atom stereocenters.